The standard InChI is InChI=1S/C20H13BrN4O3/c21-16-10-9-14(25(27)28)11-15(16)20(26)22-13-7-5-12(6-8-13)19-23-17-3-1-2-4-18(17)24-19/h1-11H,(H,22,26)(H,23,24). The maximum atomic E-state index is 12.5. The van der Waals surface area contributed by atoms with Crippen molar-refractivity contribution in [1.29, 1.82) is 0 Å². The zero-order valence-electron chi connectivity index (χ0n) is 14.3. The fourth-order valence-corrected chi connectivity index (χ4v) is 3.23. The van der Waals surface area contributed by atoms with Gasteiger partial charge in [-0.2, -0.15) is 0 Å². The Morgan fingerprint density at radius 1 is 1.07 bits per heavy atom. The fraction of sp³-hybridized carbons (Fsp3) is 0. The van der Waals surface area contributed by atoms with Crippen molar-refractivity contribution in [3.05, 3.63) is 86.9 Å². The Morgan fingerprint density at radius 2 is 1.82 bits per heavy atom. The Balaban J connectivity index is 1.55. The predicted molar refractivity (Wildman–Crippen MR) is 110 cm³/mol. The third-order valence-electron chi connectivity index (χ3n) is 4.21. The number of para-hydroxylation sites is 2. The van der Waals surface area contributed by atoms with E-state index in [2.05, 4.69) is 31.2 Å². The number of nitro benzene ring substituents is 1. The Kier molecular flexibility index (Phi) is 4.62. The molecule has 0 aliphatic rings. The molecule has 0 saturated heterocycles. The van der Waals surface area contributed by atoms with E-state index in [9.17, 15) is 14.9 Å². The number of carbonyl (C=O) groups excluding carboxylic acids is 1. The van der Waals surface area contributed by atoms with Gasteiger partial charge < -0.3 is 10.3 Å². The monoisotopic (exact) mass is 436 g/mol. The lowest BCUT2D eigenvalue weighted by atomic mass is 10.1. The lowest BCUT2D eigenvalue weighted by Gasteiger charge is -2.07. The molecule has 7 nitrogen and oxygen atoms in total. The summed E-state index contributed by atoms with van der Waals surface area (Å²) in [5.74, 6) is 0.299. The third kappa shape index (κ3) is 3.49. The van der Waals surface area contributed by atoms with E-state index in [1.807, 2.05) is 36.4 Å². The summed E-state index contributed by atoms with van der Waals surface area (Å²) < 4.78 is 0.481. The van der Waals surface area contributed by atoms with Crippen molar-refractivity contribution in [1.82, 2.24) is 9.97 Å². The van der Waals surface area contributed by atoms with Crippen LogP contribution in [0.25, 0.3) is 22.4 Å². The van der Waals surface area contributed by atoms with Gasteiger partial charge in [0.2, 0.25) is 0 Å². The van der Waals surface area contributed by atoms with Gasteiger partial charge in [-0.15, -0.1) is 0 Å². The van der Waals surface area contributed by atoms with Gasteiger partial charge in [-0.25, -0.2) is 4.98 Å². The van der Waals surface area contributed by atoms with Crippen molar-refractivity contribution >= 4 is 44.2 Å². The average molecular weight is 437 g/mol. The van der Waals surface area contributed by atoms with Crippen LogP contribution < -0.4 is 5.32 Å². The molecule has 28 heavy (non-hydrogen) atoms. The summed E-state index contributed by atoms with van der Waals surface area (Å²) in [6.07, 6.45) is 0. The number of nitrogens with zero attached hydrogens (tertiary/aromatic N) is 2. The first-order chi connectivity index (χ1) is 13.5. The van der Waals surface area contributed by atoms with Gasteiger partial charge in [0.05, 0.1) is 21.5 Å². The number of amides is 1. The number of imidazole rings is 1. The van der Waals surface area contributed by atoms with E-state index in [4.69, 9.17) is 0 Å². The molecule has 1 aromatic heterocycles. The minimum absolute atomic E-state index is 0.145. The SMILES string of the molecule is O=C(Nc1ccc(-c2nc3ccccc3[nH]2)cc1)c1cc([N+](=O)[O-])ccc1Br. The summed E-state index contributed by atoms with van der Waals surface area (Å²) in [4.78, 5) is 30.7. The normalized spacial score (nSPS) is 10.8. The van der Waals surface area contributed by atoms with Gasteiger partial charge in [0.15, 0.2) is 0 Å². The van der Waals surface area contributed by atoms with Crippen LogP contribution in [0.1, 0.15) is 10.4 Å². The molecule has 4 aromatic rings. The zero-order chi connectivity index (χ0) is 19.7. The van der Waals surface area contributed by atoms with E-state index in [1.165, 1.54) is 18.2 Å². The van der Waals surface area contributed by atoms with E-state index in [0.717, 1.165) is 22.4 Å². The molecule has 0 spiro atoms. The first-order valence-corrected chi connectivity index (χ1v) is 9.11. The highest BCUT2D eigenvalue weighted by Crippen LogP contribution is 2.25. The first-order valence-electron chi connectivity index (χ1n) is 8.32. The number of aromatic amines is 1. The molecule has 0 fully saturated rings. The summed E-state index contributed by atoms with van der Waals surface area (Å²) in [5, 5.41) is 13.7. The van der Waals surface area contributed by atoms with Crippen LogP contribution in [0.5, 0.6) is 0 Å². The van der Waals surface area contributed by atoms with Gasteiger partial charge in [0.1, 0.15) is 5.82 Å². The second kappa shape index (κ2) is 7.24. The number of nitro groups is 1. The predicted octanol–water partition coefficient (Wildman–Crippen LogP) is 5.15. The maximum absolute atomic E-state index is 12.5. The van der Waals surface area contributed by atoms with E-state index >= 15 is 0 Å². The lowest BCUT2D eigenvalue weighted by Crippen LogP contribution is -2.12. The Hall–Kier alpha value is -3.52. The second-order valence-electron chi connectivity index (χ2n) is 6.06. The van der Waals surface area contributed by atoms with Crippen LogP contribution in [0.3, 0.4) is 0 Å². The molecule has 0 saturated carbocycles. The third-order valence-corrected chi connectivity index (χ3v) is 4.90. The van der Waals surface area contributed by atoms with Crippen LogP contribution in [0.2, 0.25) is 0 Å². The molecule has 0 bridgehead atoms. The minimum Gasteiger partial charge on any atom is -0.338 e. The number of fused-ring (bicyclic) bond motifs is 1. The summed E-state index contributed by atoms with van der Waals surface area (Å²) in [5.41, 5.74) is 3.33. The Labute approximate surface area is 167 Å². The number of H-pyrrole nitrogens is 1. The van der Waals surface area contributed by atoms with Crippen molar-refractivity contribution < 1.29 is 9.72 Å². The number of hydrogen-bond donors (Lipinski definition) is 2. The molecule has 4 rings (SSSR count). The van der Waals surface area contributed by atoms with Gasteiger partial charge in [-0.05, 0) is 58.4 Å². The van der Waals surface area contributed by atoms with Crippen molar-refractivity contribution in [2.45, 2.75) is 0 Å². The summed E-state index contributed by atoms with van der Waals surface area (Å²) in [6.45, 7) is 0. The van der Waals surface area contributed by atoms with Crippen LogP contribution in [-0.2, 0) is 0 Å². The largest absolute Gasteiger partial charge is 0.338 e. The molecule has 3 aromatic carbocycles. The fourth-order valence-electron chi connectivity index (χ4n) is 2.80. The van der Waals surface area contributed by atoms with E-state index in [1.54, 1.807) is 12.1 Å². The Bertz CT molecular complexity index is 1170. The summed E-state index contributed by atoms with van der Waals surface area (Å²) >= 11 is 3.26. The molecule has 0 radical (unpaired) electrons. The molecule has 0 aliphatic heterocycles. The maximum Gasteiger partial charge on any atom is 0.270 e. The van der Waals surface area contributed by atoms with Crippen LogP contribution in [0.4, 0.5) is 11.4 Å². The molecule has 138 valence electrons. The van der Waals surface area contributed by atoms with Crippen molar-refractivity contribution in [2.24, 2.45) is 0 Å². The number of benzene rings is 3. The molecule has 0 atom stereocenters. The topological polar surface area (TPSA) is 101 Å². The highest BCUT2D eigenvalue weighted by Gasteiger charge is 2.16. The smallest absolute Gasteiger partial charge is 0.270 e. The molecular weight excluding hydrogens is 424 g/mol. The number of aromatic nitrogens is 2. The van der Waals surface area contributed by atoms with Crippen molar-refractivity contribution in [2.75, 3.05) is 5.32 Å². The molecule has 1 heterocycles. The van der Waals surface area contributed by atoms with E-state index in [0.29, 0.717) is 10.2 Å². The molecule has 0 unspecified atom stereocenters. The van der Waals surface area contributed by atoms with Gasteiger partial charge in [0.25, 0.3) is 11.6 Å². The van der Waals surface area contributed by atoms with Gasteiger partial charge >= 0.3 is 0 Å². The second-order valence-corrected chi connectivity index (χ2v) is 6.91. The number of halogens is 1. The van der Waals surface area contributed by atoms with Crippen molar-refractivity contribution in [3.8, 4) is 11.4 Å². The van der Waals surface area contributed by atoms with E-state index in [-0.39, 0.29) is 11.3 Å². The van der Waals surface area contributed by atoms with Gasteiger partial charge in [-0.3, -0.25) is 14.9 Å². The first kappa shape index (κ1) is 17.9. The summed E-state index contributed by atoms with van der Waals surface area (Å²) in [7, 11) is 0. The molecule has 0 aliphatic carbocycles. The highest BCUT2D eigenvalue weighted by atomic mass is 79.9. The molecule has 8 heteroatoms. The zero-order valence-corrected chi connectivity index (χ0v) is 15.9. The molecular formula is C20H13BrN4O3. The number of anilines is 1. The lowest BCUT2D eigenvalue weighted by molar-refractivity contribution is -0.384. The van der Waals surface area contributed by atoms with E-state index < -0.39 is 10.8 Å². The average Bonchev–Trinajstić information content (AvgIpc) is 3.13. The van der Waals surface area contributed by atoms with Gasteiger partial charge in [-0.1, -0.05) is 12.1 Å². The molecule has 1 amide bonds. The van der Waals surface area contributed by atoms with Crippen LogP contribution >= 0.6 is 15.9 Å². The number of rotatable bonds is 4. The minimum atomic E-state index is -0.536. The number of carbonyl (C=O) groups is 1. The van der Waals surface area contributed by atoms with Crippen LogP contribution in [0, 0.1) is 10.1 Å². The number of hydrogen-bond acceptors (Lipinski definition) is 4. The van der Waals surface area contributed by atoms with Crippen molar-refractivity contribution in [3.63, 3.8) is 0 Å². The quantitative estimate of drug-likeness (QED) is 0.341. The summed E-state index contributed by atoms with van der Waals surface area (Å²) in [6, 6.07) is 19.0. The Morgan fingerprint density at radius 3 is 2.54 bits per heavy atom. The highest BCUT2D eigenvalue weighted by molar-refractivity contribution is 9.10. The van der Waals surface area contributed by atoms with Crippen LogP contribution in [0.15, 0.2) is 71.2 Å². The number of non-ortho nitro benzene ring substituents is 1. The van der Waals surface area contributed by atoms with Crippen LogP contribution in [-0.4, -0.2) is 20.8 Å². The van der Waals surface area contributed by atoms with Gasteiger partial charge in [0, 0.05) is 27.9 Å². The number of nitrogens with one attached hydrogen (secondary N) is 2. The molecule has 2 N–H and O–H groups in total.